The van der Waals surface area contributed by atoms with Gasteiger partial charge in [-0.05, 0) is 52.7 Å². The van der Waals surface area contributed by atoms with Gasteiger partial charge in [0, 0.05) is 16.6 Å². The molecule has 4 nitrogen and oxygen atoms in total. The van der Waals surface area contributed by atoms with Gasteiger partial charge in [0.1, 0.15) is 5.58 Å². The van der Waals surface area contributed by atoms with E-state index in [9.17, 15) is 9.59 Å². The summed E-state index contributed by atoms with van der Waals surface area (Å²) in [5.41, 5.74) is 2.57. The quantitative estimate of drug-likeness (QED) is 0.392. The van der Waals surface area contributed by atoms with Crippen LogP contribution in [0.4, 0.5) is 5.69 Å². The van der Waals surface area contributed by atoms with E-state index in [2.05, 4.69) is 5.32 Å². The lowest BCUT2D eigenvalue weighted by Crippen LogP contribution is -2.11. The summed E-state index contributed by atoms with van der Waals surface area (Å²) >= 11 is 0. The van der Waals surface area contributed by atoms with Crippen LogP contribution in [0, 0.1) is 0 Å². The number of amides is 1. The van der Waals surface area contributed by atoms with Crippen molar-refractivity contribution in [3.63, 3.8) is 0 Å². The largest absolute Gasteiger partial charge is 0.422 e. The summed E-state index contributed by atoms with van der Waals surface area (Å²) in [5, 5.41) is 5.96. The highest BCUT2D eigenvalue weighted by molar-refractivity contribution is 6.05. The van der Waals surface area contributed by atoms with Crippen LogP contribution in [0.2, 0.25) is 0 Å². The van der Waals surface area contributed by atoms with Crippen LogP contribution in [0.3, 0.4) is 0 Å². The molecular weight excluding hydrogens is 374 g/mol. The molecule has 0 radical (unpaired) electrons. The van der Waals surface area contributed by atoms with Crippen LogP contribution in [0.5, 0.6) is 0 Å². The van der Waals surface area contributed by atoms with E-state index >= 15 is 0 Å². The Bertz CT molecular complexity index is 1450. The number of nitrogens with one attached hydrogen (secondary N) is 1. The Balaban J connectivity index is 1.41. The SMILES string of the molecule is O=C(Nc1ccc2ccccc2c1)c1ccc(-c2cc3ccccc3oc2=O)cc1. The first-order chi connectivity index (χ1) is 14.7. The van der Waals surface area contributed by atoms with Crippen molar-refractivity contribution >= 4 is 33.3 Å². The minimum Gasteiger partial charge on any atom is -0.422 e. The number of hydrogen-bond donors (Lipinski definition) is 1. The fraction of sp³-hybridized carbons (Fsp3) is 0. The first kappa shape index (κ1) is 17.9. The van der Waals surface area contributed by atoms with Crippen molar-refractivity contribution in [2.24, 2.45) is 0 Å². The summed E-state index contributed by atoms with van der Waals surface area (Å²) in [6.07, 6.45) is 0. The molecule has 0 aliphatic rings. The topological polar surface area (TPSA) is 59.3 Å². The van der Waals surface area contributed by atoms with E-state index in [1.54, 1.807) is 30.3 Å². The van der Waals surface area contributed by atoms with Crippen LogP contribution >= 0.6 is 0 Å². The van der Waals surface area contributed by atoms with E-state index in [0.717, 1.165) is 21.8 Å². The monoisotopic (exact) mass is 391 g/mol. The average molecular weight is 391 g/mol. The third-order valence-corrected chi connectivity index (χ3v) is 5.11. The van der Waals surface area contributed by atoms with E-state index in [-0.39, 0.29) is 5.91 Å². The van der Waals surface area contributed by atoms with Gasteiger partial charge in [-0.25, -0.2) is 4.79 Å². The maximum atomic E-state index is 12.6. The number of carbonyl (C=O) groups is 1. The smallest absolute Gasteiger partial charge is 0.344 e. The maximum absolute atomic E-state index is 12.6. The Hall–Kier alpha value is -4.18. The molecule has 0 fully saturated rings. The third-order valence-electron chi connectivity index (χ3n) is 5.11. The molecule has 0 bridgehead atoms. The molecule has 0 spiro atoms. The van der Waals surface area contributed by atoms with Gasteiger partial charge >= 0.3 is 5.63 Å². The summed E-state index contributed by atoms with van der Waals surface area (Å²) in [6.45, 7) is 0. The Morgan fingerprint density at radius 2 is 1.40 bits per heavy atom. The molecule has 1 aromatic heterocycles. The molecule has 1 N–H and O–H groups in total. The second-order valence-electron chi connectivity index (χ2n) is 7.08. The van der Waals surface area contributed by atoms with Crippen LogP contribution in [0.25, 0.3) is 32.9 Å². The average Bonchev–Trinajstić information content (AvgIpc) is 2.78. The number of hydrogen-bond acceptors (Lipinski definition) is 3. The molecule has 1 heterocycles. The predicted molar refractivity (Wildman–Crippen MR) is 120 cm³/mol. The molecule has 0 aliphatic heterocycles. The van der Waals surface area contributed by atoms with Gasteiger partial charge in [0.2, 0.25) is 0 Å². The van der Waals surface area contributed by atoms with E-state index in [4.69, 9.17) is 4.42 Å². The summed E-state index contributed by atoms with van der Waals surface area (Å²) in [7, 11) is 0. The van der Waals surface area contributed by atoms with Crippen molar-refractivity contribution in [2.45, 2.75) is 0 Å². The van der Waals surface area contributed by atoms with Gasteiger partial charge in [-0.1, -0.05) is 60.7 Å². The fourth-order valence-electron chi connectivity index (χ4n) is 3.53. The number of para-hydroxylation sites is 1. The number of fused-ring (bicyclic) bond motifs is 2. The minimum absolute atomic E-state index is 0.206. The zero-order valence-electron chi connectivity index (χ0n) is 16.0. The van der Waals surface area contributed by atoms with Gasteiger partial charge in [0.15, 0.2) is 0 Å². The minimum atomic E-state index is -0.401. The first-order valence-corrected chi connectivity index (χ1v) is 9.61. The number of benzene rings is 4. The van der Waals surface area contributed by atoms with Crippen molar-refractivity contribution in [1.29, 1.82) is 0 Å². The number of rotatable bonds is 3. The summed E-state index contributed by atoms with van der Waals surface area (Å²) in [4.78, 5) is 25.0. The molecule has 0 aliphatic carbocycles. The van der Waals surface area contributed by atoms with Gasteiger partial charge in [-0.2, -0.15) is 0 Å². The summed E-state index contributed by atoms with van der Waals surface area (Å²) in [6, 6.07) is 29.9. The molecule has 30 heavy (non-hydrogen) atoms. The number of anilines is 1. The highest BCUT2D eigenvalue weighted by Crippen LogP contribution is 2.23. The normalized spacial score (nSPS) is 10.9. The van der Waals surface area contributed by atoms with Crippen molar-refractivity contribution in [3.05, 3.63) is 113 Å². The maximum Gasteiger partial charge on any atom is 0.344 e. The van der Waals surface area contributed by atoms with Gasteiger partial charge in [0.25, 0.3) is 5.91 Å². The van der Waals surface area contributed by atoms with Crippen molar-refractivity contribution in [1.82, 2.24) is 0 Å². The van der Waals surface area contributed by atoms with Crippen LogP contribution in [0.15, 0.2) is 106 Å². The zero-order valence-corrected chi connectivity index (χ0v) is 16.0. The lowest BCUT2D eigenvalue weighted by molar-refractivity contribution is 0.102. The number of carbonyl (C=O) groups excluding carboxylic acids is 1. The zero-order chi connectivity index (χ0) is 20.5. The Morgan fingerprint density at radius 1 is 0.700 bits per heavy atom. The summed E-state index contributed by atoms with van der Waals surface area (Å²) in [5.74, 6) is -0.206. The molecule has 5 rings (SSSR count). The highest BCUT2D eigenvalue weighted by atomic mass is 16.4. The lowest BCUT2D eigenvalue weighted by Gasteiger charge is -2.08. The van der Waals surface area contributed by atoms with E-state index in [1.807, 2.05) is 66.7 Å². The van der Waals surface area contributed by atoms with Crippen LogP contribution in [0.1, 0.15) is 10.4 Å². The lowest BCUT2D eigenvalue weighted by atomic mass is 10.0. The van der Waals surface area contributed by atoms with Gasteiger partial charge in [0.05, 0.1) is 5.56 Å². The van der Waals surface area contributed by atoms with E-state index in [1.165, 1.54) is 0 Å². The predicted octanol–water partition coefficient (Wildman–Crippen LogP) is 5.87. The third kappa shape index (κ3) is 3.35. The van der Waals surface area contributed by atoms with Crippen LogP contribution < -0.4 is 10.9 Å². The van der Waals surface area contributed by atoms with E-state index < -0.39 is 5.63 Å². The molecule has 5 aromatic rings. The Labute approximate surface area is 172 Å². The molecule has 0 unspecified atom stereocenters. The Morgan fingerprint density at radius 3 is 2.20 bits per heavy atom. The molecule has 4 heteroatoms. The molecule has 0 saturated heterocycles. The van der Waals surface area contributed by atoms with Crippen molar-refractivity contribution in [3.8, 4) is 11.1 Å². The summed E-state index contributed by atoms with van der Waals surface area (Å²) < 4.78 is 5.40. The van der Waals surface area contributed by atoms with Crippen LogP contribution in [-0.2, 0) is 0 Å². The van der Waals surface area contributed by atoms with Gasteiger partial charge in [-0.3, -0.25) is 4.79 Å². The first-order valence-electron chi connectivity index (χ1n) is 9.61. The standard InChI is InChI=1S/C26H17NO3/c28-25(27-22-14-13-17-5-1-2-6-20(17)15-22)19-11-9-18(10-12-19)23-16-21-7-3-4-8-24(21)30-26(23)29/h1-16H,(H,27,28). The second kappa shape index (κ2) is 7.33. The molecule has 4 aromatic carbocycles. The van der Waals surface area contributed by atoms with E-state index in [0.29, 0.717) is 22.3 Å². The van der Waals surface area contributed by atoms with Crippen molar-refractivity contribution < 1.29 is 9.21 Å². The van der Waals surface area contributed by atoms with Crippen LogP contribution in [-0.4, -0.2) is 5.91 Å². The molecular formula is C26H17NO3. The molecule has 0 atom stereocenters. The van der Waals surface area contributed by atoms with Gasteiger partial charge in [-0.15, -0.1) is 0 Å². The fourth-order valence-corrected chi connectivity index (χ4v) is 3.53. The van der Waals surface area contributed by atoms with Gasteiger partial charge < -0.3 is 9.73 Å². The molecule has 0 saturated carbocycles. The molecule has 1 amide bonds. The van der Waals surface area contributed by atoms with Crippen molar-refractivity contribution in [2.75, 3.05) is 5.32 Å². The second-order valence-corrected chi connectivity index (χ2v) is 7.08. The molecule has 144 valence electrons. The Kier molecular flexibility index (Phi) is 4.37. The highest BCUT2D eigenvalue weighted by Gasteiger charge is 2.10.